The van der Waals surface area contributed by atoms with Gasteiger partial charge in [0.1, 0.15) is 0 Å². The van der Waals surface area contributed by atoms with Crippen LogP contribution in [0.1, 0.15) is 18.1 Å². The highest BCUT2D eigenvalue weighted by Gasteiger charge is 1.98. The van der Waals surface area contributed by atoms with Crippen LogP contribution in [-0.4, -0.2) is 12.5 Å². The second-order valence-corrected chi connectivity index (χ2v) is 3.72. The predicted molar refractivity (Wildman–Crippen MR) is 58.6 cm³/mol. The largest absolute Gasteiger partial charge is 0.356 e. The monoisotopic (exact) mass is 211 g/mol. The second-order valence-electron chi connectivity index (χ2n) is 3.32. The van der Waals surface area contributed by atoms with Gasteiger partial charge in [0.25, 0.3) is 0 Å². The summed E-state index contributed by atoms with van der Waals surface area (Å²) in [6.07, 6.45) is 0.845. The molecular weight excluding hydrogens is 198 g/mol. The van der Waals surface area contributed by atoms with Gasteiger partial charge < -0.3 is 5.32 Å². The van der Waals surface area contributed by atoms with E-state index in [4.69, 9.17) is 11.6 Å². The van der Waals surface area contributed by atoms with Gasteiger partial charge in [0.15, 0.2) is 0 Å². The zero-order valence-electron chi connectivity index (χ0n) is 8.43. The molecule has 0 heterocycles. The van der Waals surface area contributed by atoms with Crippen LogP contribution in [0, 0.1) is 6.92 Å². The van der Waals surface area contributed by atoms with Crippen molar-refractivity contribution in [3.05, 3.63) is 34.3 Å². The number of carbonyl (C=O) groups is 1. The van der Waals surface area contributed by atoms with Gasteiger partial charge >= 0.3 is 0 Å². The number of hydrogen-bond acceptors (Lipinski definition) is 1. The number of nitrogens with one attached hydrogen (secondary N) is 1. The fourth-order valence-corrected chi connectivity index (χ4v) is 1.36. The molecule has 14 heavy (non-hydrogen) atoms. The number of amides is 1. The van der Waals surface area contributed by atoms with Gasteiger partial charge in [-0.25, -0.2) is 0 Å². The quantitative estimate of drug-likeness (QED) is 0.817. The summed E-state index contributed by atoms with van der Waals surface area (Å²) in [4.78, 5) is 10.6. The minimum absolute atomic E-state index is 0.00989. The molecule has 1 amide bonds. The molecule has 0 atom stereocenters. The Morgan fingerprint density at radius 2 is 2.21 bits per heavy atom. The molecular formula is C11H14ClNO. The van der Waals surface area contributed by atoms with Crippen molar-refractivity contribution in [2.45, 2.75) is 20.3 Å². The maximum absolute atomic E-state index is 10.6. The summed E-state index contributed by atoms with van der Waals surface area (Å²) < 4.78 is 0. The lowest BCUT2D eigenvalue weighted by atomic mass is 10.1. The lowest BCUT2D eigenvalue weighted by Crippen LogP contribution is -2.22. The molecule has 0 aliphatic heterocycles. The first kappa shape index (κ1) is 11.1. The maximum atomic E-state index is 10.6. The smallest absolute Gasteiger partial charge is 0.216 e. The van der Waals surface area contributed by atoms with Crippen LogP contribution in [0.2, 0.25) is 5.02 Å². The number of halogens is 1. The Morgan fingerprint density at radius 3 is 2.79 bits per heavy atom. The minimum Gasteiger partial charge on any atom is -0.356 e. The number of rotatable bonds is 3. The standard InChI is InChI=1S/C11H14ClNO/c1-8-7-10(3-4-11(8)12)5-6-13-9(2)14/h3-4,7H,5-6H2,1-2H3,(H,13,14). The Kier molecular flexibility index (Phi) is 3.96. The van der Waals surface area contributed by atoms with Crippen LogP contribution in [0.5, 0.6) is 0 Å². The number of aryl methyl sites for hydroxylation is 1. The molecule has 0 fully saturated rings. The lowest BCUT2D eigenvalue weighted by molar-refractivity contribution is -0.118. The van der Waals surface area contributed by atoms with E-state index in [-0.39, 0.29) is 5.91 Å². The molecule has 0 saturated carbocycles. The van der Waals surface area contributed by atoms with E-state index in [9.17, 15) is 4.79 Å². The third kappa shape index (κ3) is 3.38. The van der Waals surface area contributed by atoms with Gasteiger partial charge in [-0.15, -0.1) is 0 Å². The van der Waals surface area contributed by atoms with Crippen molar-refractivity contribution >= 4 is 17.5 Å². The first-order valence-corrected chi connectivity index (χ1v) is 4.97. The van der Waals surface area contributed by atoms with Crippen molar-refractivity contribution in [2.75, 3.05) is 6.54 Å². The van der Waals surface area contributed by atoms with Gasteiger partial charge in [0, 0.05) is 18.5 Å². The zero-order valence-corrected chi connectivity index (χ0v) is 9.19. The predicted octanol–water partition coefficient (Wildman–Crippen LogP) is 2.33. The van der Waals surface area contributed by atoms with E-state index in [0.717, 1.165) is 17.0 Å². The average Bonchev–Trinajstić information content (AvgIpc) is 2.10. The van der Waals surface area contributed by atoms with E-state index in [1.807, 2.05) is 25.1 Å². The lowest BCUT2D eigenvalue weighted by Gasteiger charge is -2.04. The van der Waals surface area contributed by atoms with Crippen LogP contribution < -0.4 is 5.32 Å². The van der Waals surface area contributed by atoms with Crippen LogP contribution in [0.3, 0.4) is 0 Å². The Bertz CT molecular complexity index is 336. The molecule has 0 radical (unpaired) electrons. The molecule has 0 aliphatic rings. The molecule has 0 saturated heterocycles. The van der Waals surface area contributed by atoms with Gasteiger partial charge in [-0.05, 0) is 30.5 Å². The third-order valence-electron chi connectivity index (χ3n) is 2.01. The summed E-state index contributed by atoms with van der Waals surface area (Å²) in [7, 11) is 0. The molecule has 1 aromatic carbocycles. The van der Waals surface area contributed by atoms with Crippen molar-refractivity contribution in [3.8, 4) is 0 Å². The van der Waals surface area contributed by atoms with E-state index in [2.05, 4.69) is 5.32 Å². The molecule has 3 heteroatoms. The molecule has 0 spiro atoms. The Balaban J connectivity index is 2.51. The third-order valence-corrected chi connectivity index (χ3v) is 2.43. The summed E-state index contributed by atoms with van der Waals surface area (Å²) in [6.45, 7) is 4.17. The zero-order chi connectivity index (χ0) is 10.6. The number of benzene rings is 1. The summed E-state index contributed by atoms with van der Waals surface area (Å²) >= 11 is 5.90. The van der Waals surface area contributed by atoms with Gasteiger partial charge in [-0.3, -0.25) is 4.79 Å². The van der Waals surface area contributed by atoms with E-state index < -0.39 is 0 Å². The normalized spacial score (nSPS) is 9.93. The van der Waals surface area contributed by atoms with Crippen molar-refractivity contribution in [1.82, 2.24) is 5.32 Å². The molecule has 0 aromatic heterocycles. The van der Waals surface area contributed by atoms with Crippen LogP contribution in [-0.2, 0) is 11.2 Å². The summed E-state index contributed by atoms with van der Waals surface area (Å²) in [5.41, 5.74) is 2.27. The number of carbonyl (C=O) groups excluding carboxylic acids is 1. The van der Waals surface area contributed by atoms with Gasteiger partial charge in [0.2, 0.25) is 5.91 Å². The SMILES string of the molecule is CC(=O)NCCc1ccc(Cl)c(C)c1. The van der Waals surface area contributed by atoms with Gasteiger partial charge in [-0.2, -0.15) is 0 Å². The molecule has 1 rings (SSSR count). The maximum Gasteiger partial charge on any atom is 0.216 e. The van der Waals surface area contributed by atoms with E-state index in [1.165, 1.54) is 12.5 Å². The highest BCUT2D eigenvalue weighted by Crippen LogP contribution is 2.16. The molecule has 1 N–H and O–H groups in total. The highest BCUT2D eigenvalue weighted by atomic mass is 35.5. The highest BCUT2D eigenvalue weighted by molar-refractivity contribution is 6.31. The molecule has 0 aliphatic carbocycles. The van der Waals surface area contributed by atoms with Crippen LogP contribution in [0.15, 0.2) is 18.2 Å². The molecule has 1 aromatic rings. The van der Waals surface area contributed by atoms with Gasteiger partial charge in [0.05, 0.1) is 0 Å². The Morgan fingerprint density at radius 1 is 1.50 bits per heavy atom. The number of hydrogen-bond donors (Lipinski definition) is 1. The molecule has 0 bridgehead atoms. The van der Waals surface area contributed by atoms with Crippen molar-refractivity contribution < 1.29 is 4.79 Å². The minimum atomic E-state index is 0.00989. The Hall–Kier alpha value is -1.02. The topological polar surface area (TPSA) is 29.1 Å². The van der Waals surface area contributed by atoms with Crippen molar-refractivity contribution in [3.63, 3.8) is 0 Å². The van der Waals surface area contributed by atoms with Crippen molar-refractivity contribution in [2.24, 2.45) is 0 Å². The summed E-state index contributed by atoms with van der Waals surface area (Å²) in [5, 5.41) is 3.54. The molecule has 2 nitrogen and oxygen atoms in total. The second kappa shape index (κ2) is 5.01. The summed E-state index contributed by atoms with van der Waals surface area (Å²) in [6, 6.07) is 5.92. The first-order valence-electron chi connectivity index (χ1n) is 4.59. The van der Waals surface area contributed by atoms with E-state index in [1.54, 1.807) is 0 Å². The van der Waals surface area contributed by atoms with Crippen molar-refractivity contribution in [1.29, 1.82) is 0 Å². The Labute approximate surface area is 89.3 Å². The average molecular weight is 212 g/mol. The van der Waals surface area contributed by atoms with E-state index in [0.29, 0.717) is 6.54 Å². The van der Waals surface area contributed by atoms with Crippen LogP contribution in [0.25, 0.3) is 0 Å². The molecule has 76 valence electrons. The van der Waals surface area contributed by atoms with E-state index >= 15 is 0 Å². The molecule has 0 unspecified atom stereocenters. The fraction of sp³-hybridized carbons (Fsp3) is 0.364. The van der Waals surface area contributed by atoms with Crippen LogP contribution in [0.4, 0.5) is 0 Å². The van der Waals surface area contributed by atoms with Gasteiger partial charge in [-0.1, -0.05) is 23.7 Å². The first-order chi connectivity index (χ1) is 6.59. The van der Waals surface area contributed by atoms with Crippen LogP contribution >= 0.6 is 11.6 Å². The summed E-state index contributed by atoms with van der Waals surface area (Å²) in [5.74, 6) is 0.00989. The fourth-order valence-electron chi connectivity index (χ4n) is 1.25.